The van der Waals surface area contributed by atoms with Gasteiger partial charge in [-0.25, -0.2) is 9.69 Å². The highest BCUT2D eigenvalue weighted by atomic mass is 35.5. The molecule has 37 heavy (non-hydrogen) atoms. The van der Waals surface area contributed by atoms with Crippen LogP contribution in [0.25, 0.3) is 0 Å². The van der Waals surface area contributed by atoms with Gasteiger partial charge in [0.1, 0.15) is 18.2 Å². The van der Waals surface area contributed by atoms with Gasteiger partial charge in [-0.3, -0.25) is 14.6 Å². The van der Waals surface area contributed by atoms with Crippen molar-refractivity contribution in [1.29, 1.82) is 0 Å². The number of esters is 1. The molecule has 1 saturated heterocycles. The Labute approximate surface area is 222 Å². The average Bonchev–Trinajstić information content (AvgIpc) is 3.27. The second kappa shape index (κ2) is 13.5. The van der Waals surface area contributed by atoms with E-state index in [1.165, 1.54) is 14.2 Å². The van der Waals surface area contributed by atoms with Gasteiger partial charge in [-0.1, -0.05) is 48.9 Å². The molecule has 1 aliphatic rings. The number of pyridine rings is 1. The fraction of sp³-hybridized carbons (Fsp3) is 0.481. The number of imide groups is 1. The highest BCUT2D eigenvalue weighted by Crippen LogP contribution is 2.33. The summed E-state index contributed by atoms with van der Waals surface area (Å²) in [4.78, 5) is 44.5. The number of amides is 2. The Morgan fingerprint density at radius 3 is 2.59 bits per heavy atom. The molecule has 0 saturated carbocycles. The van der Waals surface area contributed by atoms with Gasteiger partial charge in [0.05, 0.1) is 12.6 Å². The number of rotatable bonds is 13. The van der Waals surface area contributed by atoms with Gasteiger partial charge in [0, 0.05) is 31.9 Å². The summed E-state index contributed by atoms with van der Waals surface area (Å²) in [6, 6.07) is 12.3. The molecule has 9 nitrogen and oxygen atoms in total. The molecule has 0 aliphatic carbocycles. The van der Waals surface area contributed by atoms with Crippen LogP contribution < -0.4 is 0 Å². The van der Waals surface area contributed by atoms with E-state index < -0.39 is 35.7 Å². The third-order valence-corrected chi connectivity index (χ3v) is 6.55. The molecular weight excluding hydrogens is 500 g/mol. The third kappa shape index (κ3) is 7.06. The van der Waals surface area contributed by atoms with Crippen LogP contribution in [0, 0.1) is 5.92 Å². The van der Waals surface area contributed by atoms with Crippen molar-refractivity contribution in [2.24, 2.45) is 5.92 Å². The van der Waals surface area contributed by atoms with Gasteiger partial charge in [0.15, 0.2) is 0 Å². The smallest absolute Gasteiger partial charge is 0.417 e. The summed E-state index contributed by atoms with van der Waals surface area (Å²) in [6.07, 6.45) is 2.53. The number of hydrogen-bond acceptors (Lipinski definition) is 8. The predicted octanol–water partition coefficient (Wildman–Crippen LogP) is 4.51. The van der Waals surface area contributed by atoms with Crippen LogP contribution in [0.2, 0.25) is 5.02 Å². The fourth-order valence-corrected chi connectivity index (χ4v) is 4.52. The van der Waals surface area contributed by atoms with Crippen molar-refractivity contribution >= 4 is 29.6 Å². The first kappa shape index (κ1) is 28.6. The summed E-state index contributed by atoms with van der Waals surface area (Å²) in [6.45, 7) is 2.10. The fourth-order valence-electron chi connectivity index (χ4n) is 4.36. The number of ether oxygens (including phenoxy) is 4. The Morgan fingerprint density at radius 2 is 1.95 bits per heavy atom. The highest BCUT2D eigenvalue weighted by Gasteiger charge is 2.44. The summed E-state index contributed by atoms with van der Waals surface area (Å²) < 4.78 is 21.9. The molecule has 2 atom stereocenters. The minimum absolute atomic E-state index is 0.0626. The van der Waals surface area contributed by atoms with Gasteiger partial charge in [0.2, 0.25) is 11.7 Å². The molecule has 1 fully saturated rings. The van der Waals surface area contributed by atoms with Crippen LogP contribution in [0.4, 0.5) is 4.79 Å². The van der Waals surface area contributed by atoms with Crippen molar-refractivity contribution in [3.05, 3.63) is 64.9 Å². The van der Waals surface area contributed by atoms with Crippen LogP contribution in [0.3, 0.4) is 0 Å². The van der Waals surface area contributed by atoms with Gasteiger partial charge in [-0.15, -0.1) is 0 Å². The van der Waals surface area contributed by atoms with E-state index in [1.807, 2.05) is 37.3 Å². The Balaban J connectivity index is 1.78. The molecule has 2 aromatic rings. The molecule has 1 aliphatic heterocycles. The van der Waals surface area contributed by atoms with E-state index in [2.05, 4.69) is 4.98 Å². The van der Waals surface area contributed by atoms with Crippen LogP contribution in [0.1, 0.15) is 43.9 Å². The number of carbonyl (C=O) groups is 3. The summed E-state index contributed by atoms with van der Waals surface area (Å²) in [7, 11) is 2.97. The molecule has 0 bridgehead atoms. The summed E-state index contributed by atoms with van der Waals surface area (Å²) in [5.74, 6) is -3.72. The maximum atomic E-state index is 13.6. The zero-order valence-electron chi connectivity index (χ0n) is 21.4. The first-order valence-corrected chi connectivity index (χ1v) is 12.7. The van der Waals surface area contributed by atoms with Crippen LogP contribution >= 0.6 is 11.6 Å². The largest absolute Gasteiger partial charge is 0.465 e. The second-order valence-electron chi connectivity index (χ2n) is 8.76. The molecule has 0 spiro atoms. The number of methoxy groups -OCH3 is 2. The van der Waals surface area contributed by atoms with Gasteiger partial charge >= 0.3 is 12.1 Å². The quantitative estimate of drug-likeness (QED) is 0.211. The molecule has 0 N–H and O–H groups in total. The lowest BCUT2D eigenvalue weighted by atomic mass is 9.95. The third-order valence-electron chi connectivity index (χ3n) is 6.31. The molecule has 10 heteroatoms. The van der Waals surface area contributed by atoms with Crippen molar-refractivity contribution in [2.75, 3.05) is 27.4 Å². The van der Waals surface area contributed by atoms with Crippen LogP contribution in [0.15, 0.2) is 48.7 Å². The van der Waals surface area contributed by atoms with Crippen molar-refractivity contribution in [3.63, 3.8) is 0 Å². The minimum Gasteiger partial charge on any atom is -0.465 e. The first-order valence-electron chi connectivity index (χ1n) is 12.3. The Hall–Kier alpha value is -3.01. The maximum absolute atomic E-state index is 13.6. The number of benzene rings is 1. The van der Waals surface area contributed by atoms with E-state index in [9.17, 15) is 14.4 Å². The van der Waals surface area contributed by atoms with Crippen molar-refractivity contribution in [2.45, 2.75) is 50.9 Å². The van der Waals surface area contributed by atoms with E-state index >= 15 is 0 Å². The lowest BCUT2D eigenvalue weighted by Gasteiger charge is -2.31. The lowest BCUT2D eigenvalue weighted by molar-refractivity contribution is -0.224. The minimum atomic E-state index is -1.23. The Kier molecular flexibility index (Phi) is 10.4. The number of nitrogens with zero attached hydrogens (tertiary/aromatic N) is 2. The number of hydrogen-bond donors (Lipinski definition) is 0. The molecule has 3 rings (SSSR count). The number of carbonyl (C=O) groups excluding carboxylic acids is 3. The van der Waals surface area contributed by atoms with Gasteiger partial charge in [0.25, 0.3) is 0 Å². The molecule has 200 valence electrons. The molecule has 1 aromatic carbocycles. The second-order valence-corrected chi connectivity index (χ2v) is 9.20. The van der Waals surface area contributed by atoms with Gasteiger partial charge < -0.3 is 18.9 Å². The topological polar surface area (TPSA) is 104 Å². The van der Waals surface area contributed by atoms with E-state index in [-0.39, 0.29) is 26.1 Å². The van der Waals surface area contributed by atoms with E-state index in [0.29, 0.717) is 30.0 Å². The van der Waals surface area contributed by atoms with Crippen LogP contribution in [0.5, 0.6) is 0 Å². The SMILES string of the molecule is CCCOC(=O)[C@@H](CCCC(OC)(OC)c1cc(Cl)ccn1)C(=O)N1C(=O)OC[C@@H]1Cc1ccccc1. The number of aromatic nitrogens is 1. The normalized spacial score (nSPS) is 16.4. The molecule has 0 unspecified atom stereocenters. The maximum Gasteiger partial charge on any atom is 0.417 e. The summed E-state index contributed by atoms with van der Waals surface area (Å²) in [5, 5.41) is 0.469. The van der Waals surface area contributed by atoms with Crippen LogP contribution in [-0.2, 0) is 40.7 Å². The van der Waals surface area contributed by atoms with Crippen molar-refractivity contribution < 1.29 is 33.3 Å². The van der Waals surface area contributed by atoms with Crippen molar-refractivity contribution in [3.8, 4) is 0 Å². The zero-order valence-corrected chi connectivity index (χ0v) is 22.1. The molecule has 1 aromatic heterocycles. The molecule has 2 heterocycles. The Morgan fingerprint density at radius 1 is 1.22 bits per heavy atom. The lowest BCUT2D eigenvalue weighted by Crippen LogP contribution is -2.46. The molecular formula is C27H33ClN2O7. The monoisotopic (exact) mass is 532 g/mol. The summed E-state index contributed by atoms with van der Waals surface area (Å²) >= 11 is 6.13. The number of halogens is 1. The molecule has 0 radical (unpaired) electrons. The van der Waals surface area contributed by atoms with Gasteiger partial charge in [-0.2, -0.15) is 0 Å². The van der Waals surface area contributed by atoms with Gasteiger partial charge in [-0.05, 0) is 43.4 Å². The van der Waals surface area contributed by atoms with E-state index in [4.69, 9.17) is 30.5 Å². The standard InChI is InChI=1S/C27H33ClN2O7/c1-4-15-36-25(32)22(11-8-13-27(34-2,35-3)23-17-20(28)12-14-29-23)24(31)30-21(18-37-26(30)33)16-19-9-6-5-7-10-19/h5-7,9-10,12,14,17,21-22H,4,8,11,13,15-16,18H2,1-3H3/t21-,22-/m0/s1. The highest BCUT2D eigenvalue weighted by molar-refractivity contribution is 6.30. The zero-order chi connectivity index (χ0) is 26.8. The van der Waals surface area contributed by atoms with Crippen LogP contribution in [-0.4, -0.2) is 61.3 Å². The first-order chi connectivity index (χ1) is 17.8. The number of cyclic esters (lactones) is 1. The van der Waals surface area contributed by atoms with Crippen molar-refractivity contribution in [1.82, 2.24) is 9.88 Å². The predicted molar refractivity (Wildman–Crippen MR) is 136 cm³/mol. The summed E-state index contributed by atoms with van der Waals surface area (Å²) in [5.41, 5.74) is 1.42. The average molecular weight is 533 g/mol. The van der Waals surface area contributed by atoms with E-state index in [1.54, 1.807) is 18.3 Å². The molecule has 2 amide bonds. The van der Waals surface area contributed by atoms with E-state index in [0.717, 1.165) is 10.5 Å². The Bertz CT molecular complexity index is 1060.